The van der Waals surface area contributed by atoms with Crippen molar-refractivity contribution in [3.8, 4) is 28.5 Å². The van der Waals surface area contributed by atoms with Gasteiger partial charge in [-0.3, -0.25) is 24.4 Å². The molecule has 6 aromatic heterocycles. The highest BCUT2D eigenvalue weighted by atomic mass is 16.1. The fourth-order valence-corrected chi connectivity index (χ4v) is 4.40. The van der Waals surface area contributed by atoms with Gasteiger partial charge in [-0.25, -0.2) is 9.97 Å². The molecule has 0 saturated heterocycles. The number of rotatable bonds is 7. The Morgan fingerprint density at radius 2 is 1.97 bits per heavy atom. The molecule has 0 saturated carbocycles. The molecule has 6 rings (SSSR count). The highest BCUT2D eigenvalue weighted by Crippen LogP contribution is 2.32. The van der Waals surface area contributed by atoms with E-state index in [1.807, 2.05) is 35.9 Å². The number of carbonyl (C=O) groups is 1. The van der Waals surface area contributed by atoms with E-state index in [-0.39, 0.29) is 5.91 Å². The normalized spacial score (nSPS) is 11.4. The van der Waals surface area contributed by atoms with Crippen molar-refractivity contribution in [1.82, 2.24) is 39.7 Å². The van der Waals surface area contributed by atoms with Gasteiger partial charge in [0.15, 0.2) is 0 Å². The summed E-state index contributed by atoms with van der Waals surface area (Å²) >= 11 is 0. The highest BCUT2D eigenvalue weighted by Gasteiger charge is 2.16. The van der Waals surface area contributed by atoms with Crippen LogP contribution in [0.3, 0.4) is 0 Å². The smallest absolute Gasteiger partial charge is 0.224 e. The van der Waals surface area contributed by atoms with Gasteiger partial charge in [-0.1, -0.05) is 13.3 Å². The van der Waals surface area contributed by atoms with E-state index in [2.05, 4.69) is 53.4 Å². The number of amides is 1. The molecule has 0 fully saturated rings. The molecule has 10 heteroatoms. The predicted octanol–water partition coefficient (Wildman–Crippen LogP) is 5.19. The third kappa shape index (κ3) is 4.33. The number of nitrogens with one attached hydrogen (secondary N) is 3. The van der Waals surface area contributed by atoms with Crippen LogP contribution in [0.25, 0.3) is 50.3 Å². The second-order valence-corrected chi connectivity index (χ2v) is 9.00. The summed E-state index contributed by atoms with van der Waals surface area (Å²) in [5.41, 5.74) is 6.52. The molecule has 10 nitrogen and oxygen atoms in total. The third-order valence-electron chi connectivity index (χ3n) is 6.26. The van der Waals surface area contributed by atoms with Crippen LogP contribution in [0.5, 0.6) is 0 Å². The number of aromatic amines is 2. The van der Waals surface area contributed by atoms with Crippen molar-refractivity contribution >= 4 is 33.4 Å². The minimum Gasteiger partial charge on any atom is -0.353 e. The number of carbonyl (C=O) groups excluding carboxylic acids is 1. The number of fused-ring (bicyclic) bond motifs is 2. The number of hydrogen-bond acceptors (Lipinski definition) is 6. The number of H-pyrrole nitrogens is 2. The van der Waals surface area contributed by atoms with Crippen molar-refractivity contribution in [3.05, 3.63) is 67.3 Å². The van der Waals surface area contributed by atoms with Crippen molar-refractivity contribution in [2.45, 2.75) is 33.1 Å². The van der Waals surface area contributed by atoms with E-state index in [1.165, 1.54) is 0 Å². The van der Waals surface area contributed by atoms with Crippen LogP contribution in [-0.4, -0.2) is 45.6 Å². The van der Waals surface area contributed by atoms with E-state index in [0.29, 0.717) is 12.1 Å². The van der Waals surface area contributed by atoms with E-state index in [4.69, 9.17) is 0 Å². The summed E-state index contributed by atoms with van der Waals surface area (Å²) in [6.07, 6.45) is 13.0. The molecule has 0 aromatic carbocycles. The maximum absolute atomic E-state index is 12.2. The Morgan fingerprint density at radius 1 is 1.05 bits per heavy atom. The molecule has 0 aliphatic carbocycles. The number of nitrogens with zero attached hydrogens (tertiary/aromatic N) is 6. The highest BCUT2D eigenvalue weighted by molar-refractivity contribution is 5.98. The lowest BCUT2D eigenvalue weighted by atomic mass is 10.1. The Bertz CT molecular complexity index is 1740. The molecule has 6 aromatic rings. The molecule has 0 aliphatic rings. The topological polar surface area (TPSA) is 130 Å². The molecule has 6 heterocycles. The minimum atomic E-state index is -0.0140. The first-order valence-electron chi connectivity index (χ1n) is 12.2. The van der Waals surface area contributed by atoms with Gasteiger partial charge in [0.05, 0.1) is 46.2 Å². The molecule has 0 radical (unpaired) electrons. The summed E-state index contributed by atoms with van der Waals surface area (Å²) in [5.74, 6) is 0.784. The van der Waals surface area contributed by atoms with Crippen LogP contribution < -0.4 is 5.32 Å². The monoisotopic (exact) mass is 491 g/mol. The minimum absolute atomic E-state index is 0.0140. The van der Waals surface area contributed by atoms with E-state index in [9.17, 15) is 4.79 Å². The van der Waals surface area contributed by atoms with Gasteiger partial charge >= 0.3 is 0 Å². The van der Waals surface area contributed by atoms with Gasteiger partial charge in [-0.05, 0) is 37.6 Å². The molecular weight excluding hydrogens is 466 g/mol. The number of aryl methyl sites for hydroxylation is 1. The Hall–Kier alpha value is -4.86. The zero-order valence-electron chi connectivity index (χ0n) is 20.5. The van der Waals surface area contributed by atoms with Crippen molar-refractivity contribution in [3.63, 3.8) is 0 Å². The van der Waals surface area contributed by atoms with Gasteiger partial charge in [0.25, 0.3) is 0 Å². The fraction of sp³-hybridized carbons (Fsp3) is 0.185. The van der Waals surface area contributed by atoms with Crippen LogP contribution >= 0.6 is 0 Å². The van der Waals surface area contributed by atoms with Crippen LogP contribution in [0.1, 0.15) is 31.9 Å². The number of anilines is 1. The SMILES string of the molecule is CCCCC(=O)Nc1cncc(-c2cc3c(-c4cc5c(-n6cnc(C)c6)nccc5[nH]4)n[nH]c3cn2)c1. The summed E-state index contributed by atoms with van der Waals surface area (Å²) in [6, 6.07) is 7.87. The van der Waals surface area contributed by atoms with E-state index in [1.54, 1.807) is 31.1 Å². The van der Waals surface area contributed by atoms with Crippen LogP contribution in [0, 0.1) is 6.92 Å². The zero-order chi connectivity index (χ0) is 25.4. The molecule has 3 N–H and O–H groups in total. The van der Waals surface area contributed by atoms with Crippen LogP contribution in [0.4, 0.5) is 5.69 Å². The molecule has 184 valence electrons. The van der Waals surface area contributed by atoms with Crippen molar-refractivity contribution < 1.29 is 4.79 Å². The summed E-state index contributed by atoms with van der Waals surface area (Å²) in [5, 5.41) is 12.5. The number of unbranched alkanes of at least 4 members (excludes halogenated alkanes) is 1. The molecule has 0 spiro atoms. The van der Waals surface area contributed by atoms with E-state index >= 15 is 0 Å². The van der Waals surface area contributed by atoms with Crippen molar-refractivity contribution in [1.29, 1.82) is 0 Å². The van der Waals surface area contributed by atoms with Crippen molar-refractivity contribution in [2.75, 3.05) is 5.32 Å². The molecular formula is C27H25N9O. The van der Waals surface area contributed by atoms with Gasteiger partial charge in [0.1, 0.15) is 17.8 Å². The average Bonchev–Trinajstić information content (AvgIpc) is 3.64. The Morgan fingerprint density at radius 3 is 2.81 bits per heavy atom. The van der Waals surface area contributed by atoms with Gasteiger partial charge < -0.3 is 10.3 Å². The first-order valence-corrected chi connectivity index (χ1v) is 12.2. The predicted molar refractivity (Wildman–Crippen MR) is 142 cm³/mol. The molecule has 0 atom stereocenters. The lowest BCUT2D eigenvalue weighted by Crippen LogP contribution is -2.11. The summed E-state index contributed by atoms with van der Waals surface area (Å²) in [6.45, 7) is 4.01. The summed E-state index contributed by atoms with van der Waals surface area (Å²) in [4.78, 5) is 33.5. The van der Waals surface area contributed by atoms with Gasteiger partial charge in [0.2, 0.25) is 5.91 Å². The summed E-state index contributed by atoms with van der Waals surface area (Å²) in [7, 11) is 0. The standard InChI is InChI=1S/C27H25N9O/c1-3-4-5-25(37)32-18-8-17(11-28-12-18)22-9-19-24(13-30-22)34-35-26(19)23-10-20-21(33-23)6-7-29-27(20)36-14-16(2)31-15-36/h6-15,33H,3-5H2,1-2H3,(H,32,37)(H,34,35). The molecule has 37 heavy (non-hydrogen) atoms. The number of hydrogen-bond donors (Lipinski definition) is 3. The zero-order valence-corrected chi connectivity index (χ0v) is 20.5. The quantitative estimate of drug-likeness (QED) is 0.282. The molecule has 0 unspecified atom stereocenters. The average molecular weight is 492 g/mol. The molecule has 1 amide bonds. The third-order valence-corrected chi connectivity index (χ3v) is 6.26. The fourth-order valence-electron chi connectivity index (χ4n) is 4.40. The van der Waals surface area contributed by atoms with Gasteiger partial charge in [-0.15, -0.1) is 0 Å². The van der Waals surface area contributed by atoms with Crippen LogP contribution in [-0.2, 0) is 4.79 Å². The number of imidazole rings is 1. The van der Waals surface area contributed by atoms with Gasteiger partial charge in [0, 0.05) is 41.3 Å². The largest absolute Gasteiger partial charge is 0.353 e. The Balaban J connectivity index is 1.37. The van der Waals surface area contributed by atoms with Crippen molar-refractivity contribution in [2.24, 2.45) is 0 Å². The second kappa shape index (κ2) is 9.30. The molecule has 0 bridgehead atoms. The Labute approximate surface area is 212 Å². The first-order chi connectivity index (χ1) is 18.1. The maximum Gasteiger partial charge on any atom is 0.224 e. The van der Waals surface area contributed by atoms with Crippen LogP contribution in [0.15, 0.2) is 61.6 Å². The second-order valence-electron chi connectivity index (χ2n) is 9.00. The molecule has 0 aliphatic heterocycles. The maximum atomic E-state index is 12.2. The van der Waals surface area contributed by atoms with E-state index in [0.717, 1.165) is 68.8 Å². The van der Waals surface area contributed by atoms with Crippen LogP contribution in [0.2, 0.25) is 0 Å². The summed E-state index contributed by atoms with van der Waals surface area (Å²) < 4.78 is 1.92. The lowest BCUT2D eigenvalue weighted by Gasteiger charge is -2.07. The lowest BCUT2D eigenvalue weighted by molar-refractivity contribution is -0.116. The number of pyridine rings is 3. The Kier molecular flexibility index (Phi) is 5.68. The van der Waals surface area contributed by atoms with Gasteiger partial charge in [-0.2, -0.15) is 5.10 Å². The number of aromatic nitrogens is 8. The first kappa shape index (κ1) is 22.6. The van der Waals surface area contributed by atoms with E-state index < -0.39 is 0 Å².